The van der Waals surface area contributed by atoms with Crippen LogP contribution in [-0.4, -0.2) is 22.5 Å². The molecule has 1 N–H and O–H groups in total. The molecule has 1 aromatic carbocycles. The third kappa shape index (κ3) is 4.56. The maximum Gasteiger partial charge on any atom is 0.292 e. The number of benzene rings is 1. The summed E-state index contributed by atoms with van der Waals surface area (Å²) in [5, 5.41) is 14.2. The normalized spacial score (nSPS) is 12.2. The summed E-state index contributed by atoms with van der Waals surface area (Å²) in [6, 6.07) is 5.53. The summed E-state index contributed by atoms with van der Waals surface area (Å²) in [4.78, 5) is 10.6. The lowest BCUT2D eigenvalue weighted by Crippen LogP contribution is -2.17. The first-order chi connectivity index (χ1) is 8.54. The van der Waals surface area contributed by atoms with Gasteiger partial charge in [0.15, 0.2) is 0 Å². The van der Waals surface area contributed by atoms with E-state index in [4.69, 9.17) is 0 Å². The van der Waals surface area contributed by atoms with Crippen molar-refractivity contribution in [3.63, 3.8) is 0 Å². The van der Waals surface area contributed by atoms with E-state index in [2.05, 4.69) is 19.2 Å². The largest absolute Gasteiger partial charge is 0.377 e. The summed E-state index contributed by atoms with van der Waals surface area (Å²) in [7, 11) is 0. The molecule has 0 aromatic heterocycles. The van der Waals surface area contributed by atoms with Crippen molar-refractivity contribution in [1.82, 2.24) is 0 Å². The molecule has 0 radical (unpaired) electrons. The Morgan fingerprint density at radius 1 is 1.50 bits per heavy atom. The molecule has 0 heterocycles. The summed E-state index contributed by atoms with van der Waals surface area (Å²) < 4.78 is 0. The van der Waals surface area contributed by atoms with Crippen LogP contribution in [-0.2, 0) is 0 Å². The Labute approximate surface area is 112 Å². The fourth-order valence-corrected chi connectivity index (χ4v) is 2.47. The van der Waals surface area contributed by atoms with Crippen molar-refractivity contribution in [1.29, 1.82) is 0 Å². The molecule has 0 saturated carbocycles. The van der Waals surface area contributed by atoms with Crippen LogP contribution in [0, 0.1) is 17.0 Å². The van der Waals surface area contributed by atoms with Gasteiger partial charge in [0.1, 0.15) is 5.69 Å². The van der Waals surface area contributed by atoms with Crippen molar-refractivity contribution in [2.24, 2.45) is 0 Å². The number of aryl methyl sites for hydroxylation is 1. The van der Waals surface area contributed by atoms with Gasteiger partial charge in [0.05, 0.1) is 4.92 Å². The summed E-state index contributed by atoms with van der Waals surface area (Å²) in [5.74, 6) is 2.18. The van der Waals surface area contributed by atoms with Crippen molar-refractivity contribution in [3.8, 4) is 0 Å². The first kappa shape index (κ1) is 14.8. The maximum absolute atomic E-state index is 11.0. The predicted molar refractivity (Wildman–Crippen MR) is 78.5 cm³/mol. The first-order valence-corrected chi connectivity index (χ1v) is 7.29. The highest BCUT2D eigenvalue weighted by molar-refractivity contribution is 7.99. The van der Waals surface area contributed by atoms with Gasteiger partial charge in [0.25, 0.3) is 5.69 Å². The molecule has 0 saturated heterocycles. The van der Waals surface area contributed by atoms with Gasteiger partial charge in [-0.05, 0) is 43.4 Å². The van der Waals surface area contributed by atoms with E-state index in [1.54, 1.807) is 12.1 Å². The highest BCUT2D eigenvalue weighted by Gasteiger charge is 2.15. The van der Waals surface area contributed by atoms with E-state index in [0.29, 0.717) is 5.69 Å². The Hall–Kier alpha value is -1.23. The molecular formula is C13H20N2O2S. The third-order valence-electron chi connectivity index (χ3n) is 2.65. The van der Waals surface area contributed by atoms with Crippen LogP contribution in [0.5, 0.6) is 0 Å². The lowest BCUT2D eigenvalue weighted by Gasteiger charge is -2.15. The molecule has 0 aliphatic carbocycles. The van der Waals surface area contributed by atoms with Crippen LogP contribution in [0.2, 0.25) is 0 Å². The monoisotopic (exact) mass is 268 g/mol. The molecule has 1 aromatic rings. The molecule has 0 amide bonds. The Bertz CT molecular complexity index is 410. The van der Waals surface area contributed by atoms with Crippen LogP contribution in [0.1, 0.15) is 25.8 Å². The minimum absolute atomic E-state index is 0.157. The van der Waals surface area contributed by atoms with Crippen LogP contribution < -0.4 is 5.32 Å². The van der Waals surface area contributed by atoms with Crippen molar-refractivity contribution in [2.45, 2.75) is 33.2 Å². The van der Waals surface area contributed by atoms with Crippen LogP contribution >= 0.6 is 11.8 Å². The van der Waals surface area contributed by atoms with E-state index in [1.807, 2.05) is 24.8 Å². The predicted octanol–water partition coefficient (Wildman–Crippen LogP) is 3.85. The summed E-state index contributed by atoms with van der Waals surface area (Å²) in [5.41, 5.74) is 1.67. The molecule has 4 nitrogen and oxygen atoms in total. The number of nitrogens with one attached hydrogen (secondary N) is 1. The second kappa shape index (κ2) is 7.26. The Kier molecular flexibility index (Phi) is 5.98. The molecule has 1 unspecified atom stereocenters. The molecule has 0 aliphatic heterocycles. The van der Waals surface area contributed by atoms with Gasteiger partial charge in [0, 0.05) is 12.1 Å². The topological polar surface area (TPSA) is 55.2 Å². The molecule has 18 heavy (non-hydrogen) atoms. The zero-order valence-corrected chi connectivity index (χ0v) is 11.9. The van der Waals surface area contributed by atoms with E-state index in [-0.39, 0.29) is 16.7 Å². The number of anilines is 1. The lowest BCUT2D eigenvalue weighted by molar-refractivity contribution is -0.384. The number of nitro groups is 1. The second-order valence-corrected chi connectivity index (χ2v) is 5.70. The number of hydrogen-bond donors (Lipinski definition) is 1. The quantitative estimate of drug-likeness (QED) is 0.463. The first-order valence-electron chi connectivity index (χ1n) is 6.14. The molecular weight excluding hydrogens is 248 g/mol. The van der Waals surface area contributed by atoms with E-state index in [0.717, 1.165) is 23.5 Å². The van der Waals surface area contributed by atoms with Gasteiger partial charge in [0.2, 0.25) is 0 Å². The van der Waals surface area contributed by atoms with Crippen LogP contribution in [0.15, 0.2) is 18.2 Å². The van der Waals surface area contributed by atoms with E-state index >= 15 is 0 Å². The fourth-order valence-electron chi connectivity index (χ4n) is 1.66. The smallest absolute Gasteiger partial charge is 0.292 e. The van der Waals surface area contributed by atoms with Gasteiger partial charge in [-0.25, -0.2) is 0 Å². The van der Waals surface area contributed by atoms with Crippen LogP contribution in [0.3, 0.4) is 0 Å². The number of nitro benzene ring substituents is 1. The fraction of sp³-hybridized carbons (Fsp3) is 0.538. The summed E-state index contributed by atoms with van der Waals surface area (Å²) in [6.07, 6.45) is 1.00. The Morgan fingerprint density at radius 2 is 2.22 bits per heavy atom. The molecule has 1 atom stereocenters. The average molecular weight is 268 g/mol. The molecule has 0 bridgehead atoms. The number of nitrogens with zero attached hydrogens (tertiary/aromatic N) is 1. The molecule has 5 heteroatoms. The zero-order valence-electron chi connectivity index (χ0n) is 11.1. The second-order valence-electron chi connectivity index (χ2n) is 4.31. The van der Waals surface area contributed by atoms with Crippen LogP contribution in [0.4, 0.5) is 11.4 Å². The average Bonchev–Trinajstić information content (AvgIpc) is 2.31. The van der Waals surface area contributed by atoms with Crippen LogP contribution in [0.25, 0.3) is 0 Å². The maximum atomic E-state index is 11.0. The Balaban J connectivity index is 2.68. The van der Waals surface area contributed by atoms with Crippen molar-refractivity contribution in [2.75, 3.05) is 16.8 Å². The third-order valence-corrected chi connectivity index (χ3v) is 3.58. The summed E-state index contributed by atoms with van der Waals surface area (Å²) in [6.45, 7) is 6.05. The number of rotatable bonds is 7. The number of hydrogen-bond acceptors (Lipinski definition) is 4. The van der Waals surface area contributed by atoms with Crippen molar-refractivity contribution < 1.29 is 4.92 Å². The molecule has 0 aliphatic rings. The Morgan fingerprint density at radius 3 is 2.83 bits per heavy atom. The van der Waals surface area contributed by atoms with E-state index in [1.165, 1.54) is 0 Å². The molecule has 100 valence electrons. The van der Waals surface area contributed by atoms with E-state index < -0.39 is 0 Å². The standard InChI is InChI=1S/C13H20N2O2S/c1-4-18-8-7-11(3)14-12-6-5-10(2)9-13(12)15(16)17/h5-6,9,11,14H,4,7-8H2,1-3H3. The highest BCUT2D eigenvalue weighted by atomic mass is 32.2. The van der Waals surface area contributed by atoms with Gasteiger partial charge in [-0.2, -0.15) is 11.8 Å². The minimum Gasteiger partial charge on any atom is -0.377 e. The zero-order chi connectivity index (χ0) is 13.5. The molecule has 1 rings (SSSR count). The minimum atomic E-state index is -0.331. The van der Waals surface area contributed by atoms with Crippen molar-refractivity contribution in [3.05, 3.63) is 33.9 Å². The van der Waals surface area contributed by atoms with Gasteiger partial charge in [-0.15, -0.1) is 0 Å². The van der Waals surface area contributed by atoms with Gasteiger partial charge in [-0.3, -0.25) is 10.1 Å². The molecule has 0 spiro atoms. The van der Waals surface area contributed by atoms with Gasteiger partial charge < -0.3 is 5.32 Å². The lowest BCUT2D eigenvalue weighted by atomic mass is 10.1. The van der Waals surface area contributed by atoms with E-state index in [9.17, 15) is 10.1 Å². The molecule has 0 fully saturated rings. The number of thioether (sulfide) groups is 1. The van der Waals surface area contributed by atoms with Gasteiger partial charge >= 0.3 is 0 Å². The van der Waals surface area contributed by atoms with Crippen molar-refractivity contribution >= 4 is 23.1 Å². The SMILES string of the molecule is CCSCCC(C)Nc1ccc(C)cc1[N+](=O)[O-]. The summed E-state index contributed by atoms with van der Waals surface area (Å²) >= 11 is 1.89. The highest BCUT2D eigenvalue weighted by Crippen LogP contribution is 2.26. The van der Waals surface area contributed by atoms with Gasteiger partial charge in [-0.1, -0.05) is 13.0 Å².